The molecule has 0 aliphatic rings. The zero-order valence-electron chi connectivity index (χ0n) is 20.0. The highest BCUT2D eigenvalue weighted by Crippen LogP contribution is 2.21. The Hall–Kier alpha value is 0. The second-order valence-electron chi connectivity index (χ2n) is 9.28. The van der Waals surface area contributed by atoms with Crippen LogP contribution in [0.4, 0.5) is 0 Å². The molecule has 0 aliphatic heterocycles. The molecule has 28 heavy (non-hydrogen) atoms. The topological polar surface area (TPSA) is 0 Å². The summed E-state index contributed by atoms with van der Waals surface area (Å²) in [4.78, 5) is 0. The van der Waals surface area contributed by atoms with Gasteiger partial charge in [0.1, 0.15) is 0 Å². The summed E-state index contributed by atoms with van der Waals surface area (Å²) in [5.74, 6) is 0.991. The molecule has 0 N–H and O–H groups in total. The maximum atomic E-state index is 3.96. The van der Waals surface area contributed by atoms with Gasteiger partial charge in [0.05, 0.1) is 0 Å². The Morgan fingerprint density at radius 3 is 0.964 bits per heavy atom. The van der Waals surface area contributed by atoms with Crippen molar-refractivity contribution in [1.82, 2.24) is 0 Å². The van der Waals surface area contributed by atoms with Crippen molar-refractivity contribution in [3.05, 3.63) is 13.8 Å². The van der Waals surface area contributed by atoms with Gasteiger partial charge in [0.2, 0.25) is 0 Å². The Balaban J connectivity index is 3.13. The van der Waals surface area contributed by atoms with E-state index >= 15 is 0 Å². The first-order valence-electron chi connectivity index (χ1n) is 13.4. The van der Waals surface area contributed by atoms with Crippen LogP contribution in [0, 0.1) is 19.8 Å². The maximum absolute atomic E-state index is 3.96. The smallest absolute Gasteiger partial charge is 0.0417 e. The molecular formula is C28H56. The molecule has 0 aromatic heterocycles. The largest absolute Gasteiger partial charge is 0.0651 e. The van der Waals surface area contributed by atoms with Crippen LogP contribution in [-0.4, -0.2) is 0 Å². The lowest BCUT2D eigenvalue weighted by atomic mass is 9.92. The third-order valence-electron chi connectivity index (χ3n) is 6.55. The van der Waals surface area contributed by atoms with Crippen LogP contribution in [0.25, 0.3) is 0 Å². The van der Waals surface area contributed by atoms with Crippen molar-refractivity contribution in [2.45, 2.75) is 161 Å². The molecule has 0 saturated heterocycles. The number of hydrogen-bond acceptors (Lipinski definition) is 0. The number of unbranched alkanes of at least 4 members (excludes halogenated alkanes) is 19. The SMILES string of the molecule is [CH2]CCCCCCCCCCCCCCCCCCCC(CC)CCCC[CH2]. The molecule has 0 fully saturated rings. The zero-order valence-corrected chi connectivity index (χ0v) is 20.0. The van der Waals surface area contributed by atoms with Crippen molar-refractivity contribution < 1.29 is 0 Å². The summed E-state index contributed by atoms with van der Waals surface area (Å²) in [6.07, 6.45) is 34.1. The number of rotatable bonds is 24. The van der Waals surface area contributed by atoms with Crippen LogP contribution in [0.1, 0.15) is 161 Å². The maximum Gasteiger partial charge on any atom is -0.0417 e. The van der Waals surface area contributed by atoms with Crippen LogP contribution in [-0.2, 0) is 0 Å². The van der Waals surface area contributed by atoms with Crippen LogP contribution in [0.3, 0.4) is 0 Å². The second kappa shape index (κ2) is 25.0. The summed E-state index contributed by atoms with van der Waals surface area (Å²) >= 11 is 0. The minimum atomic E-state index is 0.991. The zero-order chi connectivity index (χ0) is 20.5. The average molecular weight is 393 g/mol. The van der Waals surface area contributed by atoms with Crippen molar-refractivity contribution in [3.8, 4) is 0 Å². The van der Waals surface area contributed by atoms with Gasteiger partial charge in [-0.2, -0.15) is 0 Å². The van der Waals surface area contributed by atoms with Crippen molar-refractivity contribution in [3.63, 3.8) is 0 Å². The summed E-state index contributed by atoms with van der Waals surface area (Å²) < 4.78 is 0. The molecule has 0 spiro atoms. The first-order chi connectivity index (χ1) is 13.8. The molecule has 0 heterocycles. The molecule has 0 bridgehead atoms. The Morgan fingerprint density at radius 2 is 0.643 bits per heavy atom. The van der Waals surface area contributed by atoms with Crippen LogP contribution < -0.4 is 0 Å². The average Bonchev–Trinajstić information content (AvgIpc) is 2.71. The van der Waals surface area contributed by atoms with E-state index in [9.17, 15) is 0 Å². The van der Waals surface area contributed by atoms with Crippen LogP contribution in [0.5, 0.6) is 0 Å². The van der Waals surface area contributed by atoms with Gasteiger partial charge < -0.3 is 0 Å². The Labute approximate surface area is 181 Å². The van der Waals surface area contributed by atoms with Crippen LogP contribution in [0.15, 0.2) is 0 Å². The van der Waals surface area contributed by atoms with E-state index in [1.54, 1.807) is 0 Å². The standard InChI is InChI=1S/C28H56/c1-4-7-9-10-11-12-13-14-15-16-17-18-19-20-21-22-23-25-27-28(6-3)26-24-8-5-2/h28H,1-2,4-27H2,3H3. The molecule has 0 aliphatic carbocycles. The molecular weight excluding hydrogens is 336 g/mol. The second-order valence-corrected chi connectivity index (χ2v) is 9.28. The lowest BCUT2D eigenvalue weighted by Crippen LogP contribution is -1.99. The molecule has 0 saturated carbocycles. The van der Waals surface area contributed by atoms with Gasteiger partial charge >= 0.3 is 0 Å². The highest BCUT2D eigenvalue weighted by atomic mass is 14.1. The predicted molar refractivity (Wildman–Crippen MR) is 131 cm³/mol. The molecule has 0 amide bonds. The molecule has 0 aromatic rings. The van der Waals surface area contributed by atoms with E-state index in [-0.39, 0.29) is 0 Å². The van der Waals surface area contributed by atoms with E-state index in [1.165, 1.54) is 141 Å². The fourth-order valence-electron chi connectivity index (χ4n) is 4.42. The van der Waals surface area contributed by atoms with Gasteiger partial charge in [-0.05, 0) is 5.92 Å². The molecule has 2 radical (unpaired) electrons. The summed E-state index contributed by atoms with van der Waals surface area (Å²) in [7, 11) is 0. The van der Waals surface area contributed by atoms with Gasteiger partial charge in [-0.3, -0.25) is 0 Å². The van der Waals surface area contributed by atoms with E-state index in [2.05, 4.69) is 20.8 Å². The Kier molecular flexibility index (Phi) is 25.0. The summed E-state index contributed by atoms with van der Waals surface area (Å²) in [5.41, 5.74) is 0. The Morgan fingerprint density at radius 1 is 0.393 bits per heavy atom. The van der Waals surface area contributed by atoms with Gasteiger partial charge in [-0.25, -0.2) is 0 Å². The molecule has 1 unspecified atom stereocenters. The van der Waals surface area contributed by atoms with Crippen LogP contribution >= 0.6 is 0 Å². The first kappa shape index (κ1) is 28.0. The van der Waals surface area contributed by atoms with Gasteiger partial charge in [0.15, 0.2) is 0 Å². The third-order valence-corrected chi connectivity index (χ3v) is 6.55. The lowest BCUT2D eigenvalue weighted by Gasteiger charge is -2.14. The third kappa shape index (κ3) is 22.3. The van der Waals surface area contributed by atoms with E-state index in [1.807, 2.05) is 0 Å². The molecule has 0 aromatic carbocycles. The molecule has 1 atom stereocenters. The minimum Gasteiger partial charge on any atom is -0.0651 e. The molecule has 0 heteroatoms. The predicted octanol–water partition coefficient (Wildman–Crippen LogP) is 10.7. The summed E-state index contributed by atoms with van der Waals surface area (Å²) in [5, 5.41) is 0. The van der Waals surface area contributed by atoms with Crippen molar-refractivity contribution in [2.24, 2.45) is 5.92 Å². The van der Waals surface area contributed by atoms with E-state index in [4.69, 9.17) is 0 Å². The van der Waals surface area contributed by atoms with Gasteiger partial charge in [0, 0.05) is 0 Å². The summed E-state index contributed by atoms with van der Waals surface area (Å²) in [6.45, 7) is 10.2. The highest BCUT2D eigenvalue weighted by molar-refractivity contribution is 4.59. The van der Waals surface area contributed by atoms with Gasteiger partial charge in [0.25, 0.3) is 0 Å². The van der Waals surface area contributed by atoms with Gasteiger partial charge in [-0.15, -0.1) is 0 Å². The minimum absolute atomic E-state index is 0.991. The van der Waals surface area contributed by atoms with E-state index in [0.717, 1.165) is 18.8 Å². The van der Waals surface area contributed by atoms with Crippen LogP contribution in [0.2, 0.25) is 0 Å². The molecule has 168 valence electrons. The van der Waals surface area contributed by atoms with E-state index < -0.39 is 0 Å². The van der Waals surface area contributed by atoms with Crippen molar-refractivity contribution in [1.29, 1.82) is 0 Å². The van der Waals surface area contributed by atoms with Crippen molar-refractivity contribution >= 4 is 0 Å². The Bertz CT molecular complexity index is 257. The number of hydrogen-bond donors (Lipinski definition) is 0. The first-order valence-corrected chi connectivity index (χ1v) is 13.4. The monoisotopic (exact) mass is 392 g/mol. The summed E-state index contributed by atoms with van der Waals surface area (Å²) in [6, 6.07) is 0. The molecule has 0 rings (SSSR count). The van der Waals surface area contributed by atoms with E-state index in [0.29, 0.717) is 0 Å². The fraction of sp³-hybridized carbons (Fsp3) is 0.929. The molecule has 0 nitrogen and oxygen atoms in total. The lowest BCUT2D eigenvalue weighted by molar-refractivity contribution is 0.397. The quantitative estimate of drug-likeness (QED) is 0.143. The van der Waals surface area contributed by atoms with Gasteiger partial charge in [-0.1, -0.05) is 175 Å². The fourth-order valence-corrected chi connectivity index (χ4v) is 4.42. The van der Waals surface area contributed by atoms with Crippen molar-refractivity contribution in [2.75, 3.05) is 0 Å². The normalized spacial score (nSPS) is 12.5. The highest BCUT2D eigenvalue weighted by Gasteiger charge is 2.05.